The van der Waals surface area contributed by atoms with Crippen LogP contribution in [0.2, 0.25) is 0 Å². The van der Waals surface area contributed by atoms with Crippen molar-refractivity contribution in [2.24, 2.45) is 29.6 Å². The number of carbonyl (C=O) groups is 3. The van der Waals surface area contributed by atoms with Gasteiger partial charge in [0.15, 0.2) is 0 Å². The second kappa shape index (κ2) is 11.8. The van der Waals surface area contributed by atoms with Crippen molar-refractivity contribution in [3.63, 3.8) is 0 Å². The van der Waals surface area contributed by atoms with Gasteiger partial charge < -0.3 is 25.2 Å². The molecule has 2 bridgehead atoms. The van der Waals surface area contributed by atoms with Gasteiger partial charge in [-0.1, -0.05) is 57.9 Å². The summed E-state index contributed by atoms with van der Waals surface area (Å²) in [5.74, 6) is -0.315. The highest BCUT2D eigenvalue weighted by Crippen LogP contribution is 2.55. The molecule has 5 aliphatic rings. The highest BCUT2D eigenvalue weighted by molar-refractivity contribution is 6.02. The van der Waals surface area contributed by atoms with E-state index in [1.807, 2.05) is 43.3 Å². The third-order valence-electron chi connectivity index (χ3n) is 10.9. The minimum Gasteiger partial charge on any atom is -0.359 e. The number of benzene rings is 1. The van der Waals surface area contributed by atoms with Crippen LogP contribution in [0.5, 0.6) is 0 Å². The topological polar surface area (TPSA) is 91.0 Å². The van der Waals surface area contributed by atoms with Crippen LogP contribution in [-0.2, 0) is 19.1 Å². The molecule has 1 saturated carbocycles. The van der Waals surface area contributed by atoms with Gasteiger partial charge in [-0.15, -0.1) is 0 Å². The molecule has 1 aromatic rings. The van der Waals surface area contributed by atoms with Crippen LogP contribution in [-0.4, -0.2) is 77.5 Å². The van der Waals surface area contributed by atoms with Crippen molar-refractivity contribution in [3.05, 3.63) is 42.0 Å². The molecule has 8 nitrogen and oxygen atoms in total. The molecule has 1 aromatic carbocycles. The zero-order valence-electron chi connectivity index (χ0n) is 25.7. The molecule has 0 radical (unpaired) electrons. The van der Waals surface area contributed by atoms with Gasteiger partial charge in [0.1, 0.15) is 11.6 Å². The molecule has 4 aliphatic heterocycles. The highest BCUT2D eigenvalue weighted by Gasteiger charge is 2.72. The summed E-state index contributed by atoms with van der Waals surface area (Å²) in [4.78, 5) is 46.5. The first-order valence-corrected chi connectivity index (χ1v) is 16.3. The van der Waals surface area contributed by atoms with Crippen molar-refractivity contribution in [1.29, 1.82) is 0 Å². The molecule has 4 fully saturated rings. The number of rotatable bonds is 8. The molecule has 42 heavy (non-hydrogen) atoms. The predicted molar refractivity (Wildman–Crippen MR) is 163 cm³/mol. The second-order valence-electron chi connectivity index (χ2n) is 13.9. The van der Waals surface area contributed by atoms with Gasteiger partial charge in [-0.25, -0.2) is 0 Å². The first-order chi connectivity index (χ1) is 20.2. The summed E-state index contributed by atoms with van der Waals surface area (Å²) < 4.78 is 6.56. The number of ether oxygens (including phenoxy) is 1. The summed E-state index contributed by atoms with van der Waals surface area (Å²) in [6.07, 6.45) is 9.76. The zero-order chi connectivity index (χ0) is 29.6. The Morgan fingerprint density at radius 3 is 2.69 bits per heavy atom. The molecule has 228 valence electrons. The van der Waals surface area contributed by atoms with E-state index < -0.39 is 29.6 Å². The van der Waals surface area contributed by atoms with Crippen LogP contribution in [0.4, 0.5) is 5.69 Å². The molecule has 1 aliphatic carbocycles. The average Bonchev–Trinajstić information content (AvgIpc) is 3.59. The summed E-state index contributed by atoms with van der Waals surface area (Å²) in [5, 5.41) is 6.39. The molecule has 0 aromatic heterocycles. The lowest BCUT2D eigenvalue weighted by molar-refractivity contribution is -0.141. The standard InChI is InChI=1S/C34H48N4O4/c1-21-9-5-12-25(19-21)35-31(39)28-27-14-15-34(42-27)29(28)33(41)38(18-8-17-37-16-7-10-22(2)20-37)30(34)32(40)36-26-13-6-11-23(3)24(26)4/h5,9,12,14-15,19,22-24,26-30H,6-8,10-11,13,16-18,20H2,1-4H3,(H,35,39)(H,36,40). The summed E-state index contributed by atoms with van der Waals surface area (Å²) in [5.41, 5.74) is 0.625. The van der Waals surface area contributed by atoms with Crippen molar-refractivity contribution in [2.45, 2.75) is 90.0 Å². The molecule has 1 spiro atoms. The van der Waals surface area contributed by atoms with Crippen LogP contribution in [0.15, 0.2) is 36.4 Å². The number of hydrogen-bond donors (Lipinski definition) is 2. The fraction of sp³-hybridized carbons (Fsp3) is 0.676. The normalized spacial score (nSPS) is 37.6. The van der Waals surface area contributed by atoms with Crippen molar-refractivity contribution in [1.82, 2.24) is 15.1 Å². The molecular formula is C34H48N4O4. The molecule has 9 unspecified atom stereocenters. The number of hydrogen-bond acceptors (Lipinski definition) is 5. The maximum Gasteiger partial charge on any atom is 0.246 e. The van der Waals surface area contributed by atoms with Crippen molar-refractivity contribution >= 4 is 23.4 Å². The van der Waals surface area contributed by atoms with E-state index in [4.69, 9.17) is 4.74 Å². The number of nitrogens with zero attached hydrogens (tertiary/aromatic N) is 2. The Labute approximate surface area is 250 Å². The van der Waals surface area contributed by atoms with E-state index in [0.29, 0.717) is 30.0 Å². The Morgan fingerprint density at radius 1 is 1.07 bits per heavy atom. The zero-order valence-corrected chi connectivity index (χ0v) is 25.7. The molecular weight excluding hydrogens is 528 g/mol. The van der Waals surface area contributed by atoms with E-state index in [-0.39, 0.29) is 23.8 Å². The Balaban J connectivity index is 1.24. The van der Waals surface area contributed by atoms with Crippen LogP contribution in [0.1, 0.15) is 64.9 Å². The number of piperidine rings is 1. The molecule has 2 N–H and O–H groups in total. The Kier molecular flexibility index (Phi) is 8.22. The van der Waals surface area contributed by atoms with Crippen LogP contribution in [0.25, 0.3) is 0 Å². The first-order valence-electron chi connectivity index (χ1n) is 16.3. The van der Waals surface area contributed by atoms with Gasteiger partial charge in [-0.3, -0.25) is 14.4 Å². The fourth-order valence-corrected chi connectivity index (χ4v) is 8.46. The maximum atomic E-state index is 14.3. The van der Waals surface area contributed by atoms with Crippen LogP contribution < -0.4 is 10.6 Å². The number of nitrogens with one attached hydrogen (secondary N) is 2. The lowest BCUT2D eigenvalue weighted by Crippen LogP contribution is -2.58. The number of anilines is 1. The SMILES string of the molecule is Cc1cccc(NC(=O)C2C3C=CC4(O3)C2C(=O)N(CCCN2CCCC(C)C2)C4C(=O)NC2CCCC(C)C2C)c1. The van der Waals surface area contributed by atoms with Gasteiger partial charge in [0, 0.05) is 24.8 Å². The summed E-state index contributed by atoms with van der Waals surface area (Å²) in [6.45, 7) is 12.3. The summed E-state index contributed by atoms with van der Waals surface area (Å²) in [7, 11) is 0. The number of amides is 3. The minimum absolute atomic E-state index is 0.0755. The lowest BCUT2D eigenvalue weighted by Gasteiger charge is -2.38. The van der Waals surface area contributed by atoms with E-state index in [1.54, 1.807) is 4.90 Å². The van der Waals surface area contributed by atoms with Gasteiger partial charge in [-0.05, 0) is 81.1 Å². The molecule has 4 heterocycles. The number of fused-ring (bicyclic) bond motifs is 1. The highest BCUT2D eigenvalue weighted by atomic mass is 16.5. The van der Waals surface area contributed by atoms with Gasteiger partial charge in [0.25, 0.3) is 0 Å². The van der Waals surface area contributed by atoms with Gasteiger partial charge in [0.2, 0.25) is 17.7 Å². The average molecular weight is 577 g/mol. The number of carbonyl (C=O) groups excluding carboxylic acids is 3. The number of likely N-dealkylation sites (tertiary alicyclic amines) is 2. The van der Waals surface area contributed by atoms with Gasteiger partial charge in [0.05, 0.1) is 17.9 Å². The fourth-order valence-electron chi connectivity index (χ4n) is 8.46. The van der Waals surface area contributed by atoms with Gasteiger partial charge in [-0.2, -0.15) is 0 Å². The van der Waals surface area contributed by atoms with Crippen LogP contribution in [0.3, 0.4) is 0 Å². The molecule has 3 amide bonds. The van der Waals surface area contributed by atoms with Crippen molar-refractivity contribution in [2.75, 3.05) is 31.5 Å². The monoisotopic (exact) mass is 576 g/mol. The van der Waals surface area contributed by atoms with Crippen molar-refractivity contribution < 1.29 is 19.1 Å². The predicted octanol–water partition coefficient (Wildman–Crippen LogP) is 4.15. The van der Waals surface area contributed by atoms with E-state index >= 15 is 0 Å². The third-order valence-corrected chi connectivity index (χ3v) is 10.9. The maximum absolute atomic E-state index is 14.3. The van der Waals surface area contributed by atoms with E-state index in [0.717, 1.165) is 44.5 Å². The Morgan fingerprint density at radius 2 is 1.90 bits per heavy atom. The van der Waals surface area contributed by atoms with E-state index in [2.05, 4.69) is 36.3 Å². The Hall–Kier alpha value is -2.71. The first kappa shape index (κ1) is 29.4. The van der Waals surface area contributed by atoms with E-state index in [9.17, 15) is 14.4 Å². The molecule has 9 atom stereocenters. The minimum atomic E-state index is -1.12. The lowest BCUT2D eigenvalue weighted by atomic mass is 9.73. The van der Waals surface area contributed by atoms with Crippen LogP contribution in [0, 0.1) is 36.5 Å². The smallest absolute Gasteiger partial charge is 0.246 e. The summed E-state index contributed by atoms with van der Waals surface area (Å²) in [6, 6.07) is 6.96. The quantitative estimate of drug-likeness (QED) is 0.454. The largest absolute Gasteiger partial charge is 0.359 e. The third kappa shape index (κ3) is 5.30. The van der Waals surface area contributed by atoms with Gasteiger partial charge >= 0.3 is 0 Å². The second-order valence-corrected chi connectivity index (χ2v) is 13.9. The Bertz CT molecular complexity index is 1230. The molecule has 3 saturated heterocycles. The van der Waals surface area contributed by atoms with Crippen molar-refractivity contribution in [3.8, 4) is 0 Å². The van der Waals surface area contributed by atoms with E-state index in [1.165, 1.54) is 19.3 Å². The number of aryl methyl sites for hydroxylation is 1. The molecule has 8 heteroatoms. The molecule has 6 rings (SSSR count). The van der Waals surface area contributed by atoms with Crippen LogP contribution >= 0.6 is 0 Å². The summed E-state index contributed by atoms with van der Waals surface area (Å²) >= 11 is 0.